The van der Waals surface area contributed by atoms with Crippen molar-refractivity contribution >= 4 is 21.9 Å². The maximum absolute atomic E-state index is 12.7. The second kappa shape index (κ2) is 17.8. The van der Waals surface area contributed by atoms with Crippen LogP contribution in [0.2, 0.25) is 0 Å². The highest BCUT2D eigenvalue weighted by Crippen LogP contribution is 2.35. The molecule has 0 aliphatic heterocycles. The summed E-state index contributed by atoms with van der Waals surface area (Å²) in [6.45, 7) is 7.57. The Balaban J connectivity index is 1.37. The van der Waals surface area contributed by atoms with Crippen LogP contribution < -0.4 is 9.47 Å². The second-order valence-corrected chi connectivity index (χ2v) is 12.7. The maximum Gasteiger partial charge on any atom is 0.343 e. The smallest absolute Gasteiger partial charge is 0.343 e. The molecule has 0 spiro atoms. The summed E-state index contributed by atoms with van der Waals surface area (Å²) in [7, 11) is 0. The van der Waals surface area contributed by atoms with E-state index in [2.05, 4.69) is 48.8 Å². The zero-order valence-corrected chi connectivity index (χ0v) is 26.3. The van der Waals surface area contributed by atoms with Gasteiger partial charge in [0.1, 0.15) is 11.5 Å². The van der Waals surface area contributed by atoms with Crippen LogP contribution in [0.4, 0.5) is 0 Å². The number of carbonyl (C=O) groups is 1. The Hall–Kier alpha value is -1.81. The van der Waals surface area contributed by atoms with E-state index in [9.17, 15) is 4.79 Å². The van der Waals surface area contributed by atoms with E-state index in [1.165, 1.54) is 89.0 Å². The first kappa shape index (κ1) is 31.7. The van der Waals surface area contributed by atoms with E-state index in [1.54, 1.807) is 12.1 Å². The number of ether oxygens (including phenoxy) is 2. The molecule has 39 heavy (non-hydrogen) atoms. The molecule has 0 radical (unpaired) electrons. The highest BCUT2D eigenvalue weighted by atomic mass is 79.9. The number of aryl methyl sites for hydroxylation is 1. The Morgan fingerprint density at radius 1 is 0.897 bits per heavy atom. The van der Waals surface area contributed by atoms with Crippen LogP contribution in [0.3, 0.4) is 0 Å². The quantitative estimate of drug-likeness (QED) is 0.103. The van der Waals surface area contributed by atoms with Gasteiger partial charge in [-0.3, -0.25) is 0 Å². The lowest BCUT2D eigenvalue weighted by Crippen LogP contribution is -2.15. The van der Waals surface area contributed by atoms with Crippen LogP contribution in [0.25, 0.3) is 0 Å². The van der Waals surface area contributed by atoms with Crippen LogP contribution in [0.15, 0.2) is 46.9 Å². The minimum atomic E-state index is -0.351. The van der Waals surface area contributed by atoms with Crippen molar-refractivity contribution in [3.8, 4) is 11.5 Å². The normalized spacial score (nSPS) is 18.1. The molecular formula is C35H51BrO3. The average Bonchev–Trinajstić information content (AvgIpc) is 2.96. The number of hydrogen-bond donors (Lipinski definition) is 0. The fraction of sp³-hybridized carbons (Fsp3) is 0.629. The fourth-order valence-electron chi connectivity index (χ4n) is 5.66. The van der Waals surface area contributed by atoms with E-state index in [0.717, 1.165) is 40.8 Å². The van der Waals surface area contributed by atoms with Gasteiger partial charge in [0.05, 0.1) is 16.6 Å². The van der Waals surface area contributed by atoms with Crippen LogP contribution in [0.5, 0.6) is 11.5 Å². The standard InChI is InChI=1S/C35H51BrO3/c1-4-6-8-12-28-13-15-29(16-14-28)17-18-30-19-24-34(33(36)26-30)39-35(37)31-20-22-32(23-21-31)38-25-10-7-9-11-27(3)5-2/h19-24,26-29H,4-18,25H2,1-3H3. The summed E-state index contributed by atoms with van der Waals surface area (Å²) in [4.78, 5) is 12.7. The predicted octanol–water partition coefficient (Wildman–Crippen LogP) is 11.0. The van der Waals surface area contributed by atoms with E-state index in [-0.39, 0.29) is 5.97 Å². The number of benzene rings is 2. The molecule has 0 heterocycles. The zero-order chi connectivity index (χ0) is 27.9. The molecule has 1 atom stereocenters. The minimum absolute atomic E-state index is 0.351. The van der Waals surface area contributed by atoms with Gasteiger partial charge in [0.15, 0.2) is 0 Å². The average molecular weight is 600 g/mol. The Morgan fingerprint density at radius 3 is 2.28 bits per heavy atom. The number of esters is 1. The van der Waals surface area contributed by atoms with Gasteiger partial charge in [-0.05, 0) is 94.9 Å². The molecule has 1 fully saturated rings. The minimum Gasteiger partial charge on any atom is -0.494 e. The third kappa shape index (κ3) is 11.7. The molecule has 0 bridgehead atoms. The van der Waals surface area contributed by atoms with Crippen molar-refractivity contribution in [1.82, 2.24) is 0 Å². The molecule has 216 valence electrons. The molecule has 0 aromatic heterocycles. The second-order valence-electron chi connectivity index (χ2n) is 11.8. The van der Waals surface area contributed by atoms with Gasteiger partial charge in [-0.15, -0.1) is 0 Å². The van der Waals surface area contributed by atoms with Crippen molar-refractivity contribution in [3.63, 3.8) is 0 Å². The molecule has 3 rings (SSSR count). The SMILES string of the molecule is CCCCCC1CCC(CCc2ccc(OC(=O)c3ccc(OCCCCCC(C)CC)cc3)c(Br)c2)CC1. The lowest BCUT2D eigenvalue weighted by molar-refractivity contribution is 0.0733. The molecule has 2 aromatic rings. The van der Waals surface area contributed by atoms with Gasteiger partial charge >= 0.3 is 5.97 Å². The summed E-state index contributed by atoms with van der Waals surface area (Å²) >= 11 is 3.62. The molecule has 1 aliphatic carbocycles. The number of carbonyl (C=O) groups excluding carboxylic acids is 1. The Bertz CT molecular complexity index is 962. The fourth-order valence-corrected chi connectivity index (χ4v) is 6.16. The predicted molar refractivity (Wildman–Crippen MR) is 167 cm³/mol. The highest BCUT2D eigenvalue weighted by molar-refractivity contribution is 9.10. The number of hydrogen-bond acceptors (Lipinski definition) is 3. The van der Waals surface area contributed by atoms with E-state index >= 15 is 0 Å². The highest BCUT2D eigenvalue weighted by Gasteiger charge is 2.21. The summed E-state index contributed by atoms with van der Waals surface area (Å²) in [6, 6.07) is 13.4. The zero-order valence-electron chi connectivity index (χ0n) is 24.7. The van der Waals surface area contributed by atoms with Gasteiger partial charge in [-0.1, -0.05) is 104 Å². The number of unbranched alkanes of at least 4 members (excludes halogenated alkanes) is 4. The molecule has 4 heteroatoms. The lowest BCUT2D eigenvalue weighted by Gasteiger charge is -2.28. The molecule has 1 unspecified atom stereocenters. The van der Waals surface area contributed by atoms with E-state index in [1.807, 2.05) is 18.2 Å². The first-order valence-corrected chi connectivity index (χ1v) is 16.5. The third-order valence-corrected chi connectivity index (χ3v) is 9.24. The van der Waals surface area contributed by atoms with Gasteiger partial charge in [0.25, 0.3) is 0 Å². The topological polar surface area (TPSA) is 35.5 Å². The molecule has 0 amide bonds. The molecule has 0 saturated heterocycles. The van der Waals surface area contributed by atoms with E-state index < -0.39 is 0 Å². The van der Waals surface area contributed by atoms with Gasteiger partial charge in [-0.25, -0.2) is 4.79 Å². The van der Waals surface area contributed by atoms with Gasteiger partial charge in [0, 0.05) is 0 Å². The summed E-state index contributed by atoms with van der Waals surface area (Å²) in [5.41, 5.74) is 1.82. The molecular weight excluding hydrogens is 548 g/mol. The molecule has 3 nitrogen and oxygen atoms in total. The maximum atomic E-state index is 12.7. The van der Waals surface area contributed by atoms with Crippen molar-refractivity contribution < 1.29 is 14.3 Å². The van der Waals surface area contributed by atoms with Crippen LogP contribution in [0.1, 0.15) is 127 Å². The van der Waals surface area contributed by atoms with Crippen molar-refractivity contribution in [2.45, 2.75) is 117 Å². The van der Waals surface area contributed by atoms with Crippen molar-refractivity contribution in [3.05, 3.63) is 58.1 Å². The Kier molecular flexibility index (Phi) is 14.5. The summed E-state index contributed by atoms with van der Waals surface area (Å²) in [5.74, 6) is 3.64. The first-order valence-electron chi connectivity index (χ1n) is 15.7. The van der Waals surface area contributed by atoms with Crippen molar-refractivity contribution in [2.75, 3.05) is 6.61 Å². The van der Waals surface area contributed by atoms with Crippen molar-refractivity contribution in [2.24, 2.45) is 17.8 Å². The third-order valence-electron chi connectivity index (χ3n) is 8.62. The van der Waals surface area contributed by atoms with Gasteiger partial charge < -0.3 is 9.47 Å². The summed E-state index contributed by atoms with van der Waals surface area (Å²) < 4.78 is 12.4. The molecule has 0 N–H and O–H groups in total. The Morgan fingerprint density at radius 2 is 1.62 bits per heavy atom. The summed E-state index contributed by atoms with van der Waals surface area (Å²) in [6.07, 6.45) is 19.6. The van der Waals surface area contributed by atoms with Gasteiger partial charge in [0.2, 0.25) is 0 Å². The number of rotatable bonds is 17. The molecule has 1 saturated carbocycles. The van der Waals surface area contributed by atoms with Crippen LogP contribution >= 0.6 is 15.9 Å². The largest absolute Gasteiger partial charge is 0.494 e. The lowest BCUT2D eigenvalue weighted by atomic mass is 9.78. The monoisotopic (exact) mass is 598 g/mol. The van der Waals surface area contributed by atoms with Crippen LogP contribution in [0, 0.1) is 17.8 Å². The van der Waals surface area contributed by atoms with Crippen LogP contribution in [-0.4, -0.2) is 12.6 Å². The molecule has 1 aliphatic rings. The Labute approximate surface area is 246 Å². The first-order chi connectivity index (χ1) is 19.0. The van der Waals surface area contributed by atoms with Gasteiger partial charge in [-0.2, -0.15) is 0 Å². The number of halogens is 1. The van der Waals surface area contributed by atoms with Crippen molar-refractivity contribution in [1.29, 1.82) is 0 Å². The molecule has 2 aromatic carbocycles. The van der Waals surface area contributed by atoms with E-state index in [4.69, 9.17) is 9.47 Å². The van der Waals surface area contributed by atoms with E-state index in [0.29, 0.717) is 17.9 Å². The summed E-state index contributed by atoms with van der Waals surface area (Å²) in [5, 5.41) is 0. The van der Waals surface area contributed by atoms with Crippen LogP contribution in [-0.2, 0) is 6.42 Å².